The molecule has 4 nitrogen and oxygen atoms in total. The summed E-state index contributed by atoms with van der Waals surface area (Å²) in [6, 6.07) is 0. The van der Waals surface area contributed by atoms with Crippen molar-refractivity contribution in [1.82, 2.24) is 9.13 Å². The van der Waals surface area contributed by atoms with Gasteiger partial charge in [-0.3, -0.25) is 0 Å². The van der Waals surface area contributed by atoms with Crippen LogP contribution in [0.1, 0.15) is 65.2 Å². The van der Waals surface area contributed by atoms with Crippen molar-refractivity contribution in [3.05, 3.63) is 37.4 Å². The van der Waals surface area contributed by atoms with E-state index in [1.54, 1.807) is 0 Å². The van der Waals surface area contributed by atoms with Gasteiger partial charge in [-0.15, -0.1) is 0 Å². The molecule has 0 aromatic carbocycles. The van der Waals surface area contributed by atoms with Crippen molar-refractivity contribution in [3.8, 4) is 0 Å². The van der Waals surface area contributed by atoms with Crippen LogP contribution < -0.4 is 38.5 Å². The number of nitrogens with zero attached hydrogens (tertiary/aromatic N) is 4. The average Bonchev–Trinajstić information content (AvgIpc) is 3.17. The summed E-state index contributed by atoms with van der Waals surface area (Å²) in [7, 11) is 4.12. The fourth-order valence-electron chi connectivity index (χ4n) is 2.71. The lowest BCUT2D eigenvalue weighted by Crippen LogP contribution is -3.00. The quantitative estimate of drug-likeness (QED) is 0.289. The number of imidazole rings is 2. The molecule has 0 aliphatic heterocycles. The molecule has 26 heavy (non-hydrogen) atoms. The summed E-state index contributed by atoms with van der Waals surface area (Å²) in [6.45, 7) is 6.83. The Balaban J connectivity index is 0. The molecule has 0 aliphatic rings. The second kappa shape index (κ2) is 17.6. The van der Waals surface area contributed by atoms with Crippen molar-refractivity contribution in [3.63, 3.8) is 0 Å². The highest BCUT2D eigenvalue weighted by atomic mass is 79.9. The van der Waals surface area contributed by atoms with E-state index >= 15 is 0 Å². The van der Waals surface area contributed by atoms with Crippen molar-refractivity contribution >= 4 is 0 Å². The lowest BCUT2D eigenvalue weighted by Gasteiger charge is -1.95. The Morgan fingerprint density at radius 2 is 1.04 bits per heavy atom. The first kappa shape index (κ1) is 27.4. The molecule has 0 aliphatic carbocycles. The number of halogens is 2. The minimum absolute atomic E-state index is 0. The molecule has 0 spiro atoms. The summed E-state index contributed by atoms with van der Waals surface area (Å²) in [5.74, 6) is 0. The second-order valence-corrected chi connectivity index (χ2v) is 6.76. The van der Waals surface area contributed by atoms with Gasteiger partial charge in [0.05, 0.1) is 27.2 Å². The van der Waals surface area contributed by atoms with Crippen LogP contribution in [0.25, 0.3) is 0 Å². The van der Waals surface area contributed by atoms with Gasteiger partial charge in [-0.05, 0) is 25.7 Å². The van der Waals surface area contributed by atoms with Crippen molar-refractivity contribution < 1.29 is 38.5 Å². The molecular weight excluding hydrogens is 412 g/mol. The predicted octanol–water partition coefficient (Wildman–Crippen LogP) is -2.21. The van der Waals surface area contributed by atoms with Gasteiger partial charge in [0, 0.05) is 0 Å². The zero-order valence-electron chi connectivity index (χ0n) is 17.1. The van der Waals surface area contributed by atoms with Gasteiger partial charge in [-0.2, -0.15) is 0 Å². The maximum atomic E-state index is 2.25. The first-order valence-electron chi connectivity index (χ1n) is 9.67. The average molecular weight is 450 g/mol. The largest absolute Gasteiger partial charge is 1.00 e. The van der Waals surface area contributed by atoms with E-state index in [2.05, 4.69) is 83.7 Å². The number of rotatable bonds is 10. The number of aromatic nitrogens is 4. The van der Waals surface area contributed by atoms with Crippen LogP contribution in [0, 0.1) is 0 Å². The molecule has 0 fully saturated rings. The molecule has 0 saturated heterocycles. The van der Waals surface area contributed by atoms with Gasteiger partial charge in [0.1, 0.15) is 24.8 Å². The fourth-order valence-corrected chi connectivity index (χ4v) is 2.71. The van der Waals surface area contributed by atoms with Crippen molar-refractivity contribution in [2.45, 2.75) is 78.3 Å². The molecule has 0 radical (unpaired) electrons. The van der Waals surface area contributed by atoms with Crippen LogP contribution in [-0.2, 0) is 27.2 Å². The highest BCUT2D eigenvalue weighted by molar-refractivity contribution is 4.62. The van der Waals surface area contributed by atoms with Gasteiger partial charge in [0.2, 0.25) is 12.7 Å². The van der Waals surface area contributed by atoms with Crippen LogP contribution in [0.3, 0.4) is 0 Å². The standard InChI is InChI=1S/2C10H19N2.BrH.ClH/c2*1-3-4-5-6-7-12-9-8-11(2)10-12;;/h2*8-10H,3-7H2,1-2H3;2*1H/q2*+1;;/p-2. The van der Waals surface area contributed by atoms with E-state index in [-0.39, 0.29) is 29.4 Å². The van der Waals surface area contributed by atoms with Gasteiger partial charge in [0.25, 0.3) is 0 Å². The Kier molecular flexibility index (Phi) is 18.6. The van der Waals surface area contributed by atoms with Crippen molar-refractivity contribution in [2.75, 3.05) is 0 Å². The van der Waals surface area contributed by atoms with Gasteiger partial charge in [-0.1, -0.05) is 39.5 Å². The second-order valence-electron chi connectivity index (χ2n) is 6.76. The van der Waals surface area contributed by atoms with Crippen LogP contribution in [0.5, 0.6) is 0 Å². The lowest BCUT2D eigenvalue weighted by molar-refractivity contribution is -0.697. The van der Waals surface area contributed by atoms with E-state index in [0.29, 0.717) is 0 Å². The molecule has 0 saturated carbocycles. The molecule has 0 bridgehead atoms. The lowest BCUT2D eigenvalue weighted by atomic mass is 10.2. The molecule has 6 heteroatoms. The van der Waals surface area contributed by atoms with Crippen molar-refractivity contribution in [2.24, 2.45) is 14.1 Å². The highest BCUT2D eigenvalue weighted by Crippen LogP contribution is 1.98. The smallest absolute Gasteiger partial charge is 0.243 e. The summed E-state index contributed by atoms with van der Waals surface area (Å²) in [5, 5.41) is 0. The van der Waals surface area contributed by atoms with Gasteiger partial charge < -0.3 is 29.4 Å². The van der Waals surface area contributed by atoms with Crippen LogP contribution in [0.2, 0.25) is 0 Å². The third-order valence-corrected chi connectivity index (χ3v) is 4.19. The van der Waals surface area contributed by atoms with E-state index in [4.69, 9.17) is 0 Å². The predicted molar refractivity (Wildman–Crippen MR) is 99.5 cm³/mol. The molecule has 0 amide bonds. The van der Waals surface area contributed by atoms with E-state index in [9.17, 15) is 0 Å². The van der Waals surface area contributed by atoms with E-state index < -0.39 is 0 Å². The minimum atomic E-state index is 0. The molecule has 0 unspecified atom stereocenters. The third kappa shape index (κ3) is 13.4. The Bertz CT molecular complexity index is 491. The maximum absolute atomic E-state index is 2.25. The minimum Gasteiger partial charge on any atom is -1.00 e. The van der Waals surface area contributed by atoms with Gasteiger partial charge in [-0.25, -0.2) is 18.3 Å². The third-order valence-electron chi connectivity index (χ3n) is 4.19. The zero-order chi connectivity index (χ0) is 17.6. The first-order chi connectivity index (χ1) is 11.7. The molecule has 2 rings (SSSR count). The number of aryl methyl sites for hydroxylation is 4. The van der Waals surface area contributed by atoms with Crippen LogP contribution in [0.15, 0.2) is 37.4 Å². The summed E-state index contributed by atoms with van der Waals surface area (Å²) in [6.07, 6.45) is 23.4. The molecule has 0 atom stereocenters. The fraction of sp³-hybridized carbons (Fsp3) is 0.700. The maximum Gasteiger partial charge on any atom is 0.243 e. The van der Waals surface area contributed by atoms with Gasteiger partial charge >= 0.3 is 0 Å². The molecule has 0 N–H and O–H groups in total. The highest BCUT2D eigenvalue weighted by Gasteiger charge is 1.98. The topological polar surface area (TPSA) is 17.6 Å². The zero-order valence-corrected chi connectivity index (χ0v) is 19.4. The summed E-state index contributed by atoms with van der Waals surface area (Å²) in [5.41, 5.74) is 0. The number of hydrogen-bond donors (Lipinski definition) is 0. The van der Waals surface area contributed by atoms with Crippen molar-refractivity contribution in [1.29, 1.82) is 0 Å². The summed E-state index contributed by atoms with van der Waals surface area (Å²) in [4.78, 5) is 0. The SMILES string of the molecule is CCCCCC[n+]1ccn(C)c1.CCCCCC[n+]1ccn(C)c1.[Br-].[Cl-]. The monoisotopic (exact) mass is 448 g/mol. The molecule has 2 aromatic rings. The Hall–Kier alpha value is -0.810. The molecule has 152 valence electrons. The Morgan fingerprint density at radius 1 is 0.654 bits per heavy atom. The molecule has 2 heterocycles. The number of unbranched alkanes of at least 4 members (excludes halogenated alkanes) is 6. The molecule has 2 aromatic heterocycles. The normalized spacial score (nSPS) is 9.69. The van der Waals surface area contributed by atoms with E-state index in [1.807, 2.05) is 0 Å². The van der Waals surface area contributed by atoms with Gasteiger partial charge in [0.15, 0.2) is 0 Å². The van der Waals surface area contributed by atoms with Crippen LogP contribution in [0.4, 0.5) is 0 Å². The first-order valence-corrected chi connectivity index (χ1v) is 9.67. The summed E-state index contributed by atoms with van der Waals surface area (Å²) < 4.78 is 8.66. The Labute approximate surface area is 177 Å². The molecular formula is C20H38BrClN4. The summed E-state index contributed by atoms with van der Waals surface area (Å²) >= 11 is 0. The van der Waals surface area contributed by atoms with E-state index in [0.717, 1.165) is 0 Å². The van der Waals surface area contributed by atoms with Crippen LogP contribution >= 0.6 is 0 Å². The number of hydrogen-bond acceptors (Lipinski definition) is 0. The van der Waals surface area contributed by atoms with Crippen LogP contribution in [-0.4, -0.2) is 9.13 Å². The van der Waals surface area contributed by atoms with E-state index in [1.165, 1.54) is 64.5 Å². The Morgan fingerprint density at radius 3 is 1.31 bits per heavy atom.